The molecule has 0 spiro atoms. The summed E-state index contributed by atoms with van der Waals surface area (Å²) in [5.74, 6) is 0. The Morgan fingerprint density at radius 1 is 0.741 bits per heavy atom. The minimum Gasteiger partial charge on any atom is -0.256 e. The monoisotopic (exact) mass is 474 g/mol. The molecule has 3 rings (SSSR count). The van der Waals surface area contributed by atoms with Gasteiger partial charge in [-0.15, -0.1) is 0 Å². The molecule has 0 aliphatic carbocycles. The van der Waals surface area contributed by atoms with Crippen LogP contribution in [-0.2, 0) is 6.42 Å². The fraction of sp³-hybridized carbons (Fsp3) is 0.0526. The van der Waals surface area contributed by atoms with E-state index in [1.165, 1.54) is 0 Å². The largest absolute Gasteiger partial charge is 0.256 e. The number of hydrogen-bond acceptors (Lipinski definition) is 2. The molecule has 27 heavy (non-hydrogen) atoms. The van der Waals surface area contributed by atoms with Gasteiger partial charge in [-0.1, -0.05) is 69.6 Å². The van der Waals surface area contributed by atoms with Crippen molar-refractivity contribution in [3.63, 3.8) is 0 Å². The summed E-state index contributed by atoms with van der Waals surface area (Å²) in [4.78, 5) is 4.46. The summed E-state index contributed by atoms with van der Waals surface area (Å²) in [6.07, 6.45) is 1.73. The van der Waals surface area contributed by atoms with Crippen molar-refractivity contribution in [1.29, 1.82) is 5.26 Å². The second-order valence-electron chi connectivity index (χ2n) is 5.52. The van der Waals surface area contributed by atoms with Crippen LogP contribution >= 0.6 is 69.6 Å². The summed E-state index contributed by atoms with van der Waals surface area (Å²) in [5.41, 5.74) is 2.99. The van der Waals surface area contributed by atoms with Crippen LogP contribution in [0.2, 0.25) is 30.1 Å². The molecule has 1 heterocycles. The Hall–Kier alpha value is -1.18. The smallest absolute Gasteiger partial charge is 0.0799 e. The topological polar surface area (TPSA) is 36.7 Å². The van der Waals surface area contributed by atoms with Crippen LogP contribution in [0.3, 0.4) is 0 Å². The Bertz CT molecular complexity index is 1090. The number of pyridine rings is 1. The molecule has 8 heteroatoms. The van der Waals surface area contributed by atoms with Crippen molar-refractivity contribution in [3.05, 3.63) is 72.2 Å². The van der Waals surface area contributed by atoms with E-state index in [1.54, 1.807) is 36.5 Å². The minimum atomic E-state index is 0.139. The first kappa shape index (κ1) is 20.6. The molecule has 2 nitrogen and oxygen atoms in total. The lowest BCUT2D eigenvalue weighted by molar-refractivity contribution is 1.22. The fourth-order valence-electron chi connectivity index (χ4n) is 2.66. The lowest BCUT2D eigenvalue weighted by atomic mass is 9.93. The van der Waals surface area contributed by atoms with Crippen LogP contribution < -0.4 is 0 Å². The van der Waals surface area contributed by atoms with E-state index in [-0.39, 0.29) is 6.42 Å². The van der Waals surface area contributed by atoms with Crippen LogP contribution in [0.15, 0.2) is 36.5 Å². The van der Waals surface area contributed by atoms with Gasteiger partial charge in [0, 0.05) is 22.9 Å². The lowest BCUT2D eigenvalue weighted by Gasteiger charge is -2.16. The molecule has 0 unspecified atom stereocenters. The quantitative estimate of drug-likeness (QED) is 0.356. The molecule has 0 aliphatic heterocycles. The number of rotatable bonds is 3. The number of nitrogens with zero attached hydrogens (tertiary/aromatic N) is 2. The van der Waals surface area contributed by atoms with Gasteiger partial charge in [-0.25, -0.2) is 0 Å². The van der Waals surface area contributed by atoms with Gasteiger partial charge in [-0.2, -0.15) is 5.26 Å². The average molecular weight is 477 g/mol. The van der Waals surface area contributed by atoms with Crippen molar-refractivity contribution in [2.24, 2.45) is 0 Å². The first-order valence-corrected chi connectivity index (χ1v) is 9.75. The van der Waals surface area contributed by atoms with Crippen molar-refractivity contribution in [2.75, 3.05) is 0 Å². The summed E-state index contributed by atoms with van der Waals surface area (Å²) in [6, 6.07) is 10.2. The molecular weight excluding hydrogens is 469 g/mol. The van der Waals surface area contributed by atoms with E-state index >= 15 is 0 Å². The second kappa shape index (κ2) is 8.45. The molecule has 136 valence electrons. The second-order valence-corrected chi connectivity index (χ2v) is 7.96. The first-order chi connectivity index (χ1) is 12.8. The van der Waals surface area contributed by atoms with Gasteiger partial charge in [0.25, 0.3) is 0 Å². The lowest BCUT2D eigenvalue weighted by Crippen LogP contribution is -1.97. The summed E-state index contributed by atoms with van der Waals surface area (Å²) < 4.78 is 0. The van der Waals surface area contributed by atoms with E-state index in [0.29, 0.717) is 58.1 Å². The zero-order chi connectivity index (χ0) is 19.7. The predicted octanol–water partition coefficient (Wildman–Crippen LogP) is 8.40. The van der Waals surface area contributed by atoms with Crippen LogP contribution in [0.25, 0.3) is 22.4 Å². The summed E-state index contributed by atoms with van der Waals surface area (Å²) in [7, 11) is 0. The van der Waals surface area contributed by atoms with Crippen LogP contribution in [0.4, 0.5) is 0 Å². The number of aromatic nitrogens is 1. The number of halogens is 6. The zero-order valence-electron chi connectivity index (χ0n) is 13.3. The van der Waals surface area contributed by atoms with E-state index < -0.39 is 0 Å². The van der Waals surface area contributed by atoms with E-state index in [1.807, 2.05) is 0 Å². The maximum atomic E-state index is 9.24. The van der Waals surface area contributed by atoms with Crippen LogP contribution in [-0.4, -0.2) is 4.98 Å². The van der Waals surface area contributed by atoms with Gasteiger partial charge in [-0.05, 0) is 35.9 Å². The third-order valence-corrected chi connectivity index (χ3v) is 5.92. The normalized spacial score (nSPS) is 10.7. The van der Waals surface area contributed by atoms with E-state index in [9.17, 15) is 5.26 Å². The van der Waals surface area contributed by atoms with Gasteiger partial charge in [-0.3, -0.25) is 4.98 Å². The molecule has 0 atom stereocenters. The Kier molecular flexibility index (Phi) is 6.43. The molecule has 0 bridgehead atoms. The molecule has 0 N–H and O–H groups in total. The van der Waals surface area contributed by atoms with Crippen molar-refractivity contribution in [1.82, 2.24) is 4.98 Å². The average Bonchev–Trinajstić information content (AvgIpc) is 2.62. The van der Waals surface area contributed by atoms with Crippen molar-refractivity contribution in [3.8, 4) is 28.5 Å². The standard InChI is InChI=1S/C19H8Cl6N2/c20-12-7-16(24)14(22)5-10(12)18-9(1-3-26)2-4-27-19(18)11-6-15(23)17(25)8-13(11)21/h2,4-8H,1H2. The molecular formula is C19H8Cl6N2. The highest BCUT2D eigenvalue weighted by atomic mass is 35.5. The van der Waals surface area contributed by atoms with Gasteiger partial charge in [0.2, 0.25) is 0 Å². The van der Waals surface area contributed by atoms with Gasteiger partial charge in [0.1, 0.15) is 0 Å². The molecule has 0 amide bonds. The number of hydrogen-bond donors (Lipinski definition) is 0. The predicted molar refractivity (Wildman–Crippen MR) is 114 cm³/mol. The minimum absolute atomic E-state index is 0.139. The molecule has 0 aliphatic rings. The van der Waals surface area contributed by atoms with Crippen LogP contribution in [0.5, 0.6) is 0 Å². The van der Waals surface area contributed by atoms with Gasteiger partial charge >= 0.3 is 0 Å². The third-order valence-electron chi connectivity index (χ3n) is 3.85. The molecule has 2 aromatic carbocycles. The van der Waals surface area contributed by atoms with Crippen molar-refractivity contribution in [2.45, 2.75) is 6.42 Å². The summed E-state index contributed by atoms with van der Waals surface area (Å²) >= 11 is 37.3. The fourth-order valence-corrected chi connectivity index (χ4v) is 3.93. The van der Waals surface area contributed by atoms with E-state index in [2.05, 4.69) is 11.1 Å². The van der Waals surface area contributed by atoms with E-state index in [4.69, 9.17) is 69.6 Å². The van der Waals surface area contributed by atoms with Crippen LogP contribution in [0.1, 0.15) is 5.56 Å². The van der Waals surface area contributed by atoms with E-state index in [0.717, 1.165) is 0 Å². The zero-order valence-corrected chi connectivity index (χ0v) is 17.9. The molecule has 0 saturated heterocycles. The maximum Gasteiger partial charge on any atom is 0.0799 e. The van der Waals surface area contributed by atoms with Gasteiger partial charge in [0.15, 0.2) is 0 Å². The van der Waals surface area contributed by atoms with Crippen molar-refractivity contribution >= 4 is 69.6 Å². The SMILES string of the molecule is N#CCc1ccnc(-c2cc(Cl)c(Cl)cc2Cl)c1-c1cc(Cl)c(Cl)cc1Cl. The third kappa shape index (κ3) is 4.15. The highest BCUT2D eigenvalue weighted by Gasteiger charge is 2.20. The molecule has 0 saturated carbocycles. The van der Waals surface area contributed by atoms with Gasteiger partial charge in [0.05, 0.1) is 48.3 Å². The molecule has 3 aromatic rings. The first-order valence-electron chi connectivity index (χ1n) is 7.48. The summed E-state index contributed by atoms with van der Waals surface area (Å²) in [5, 5.41) is 11.3. The highest BCUT2D eigenvalue weighted by Crippen LogP contribution is 2.43. The Morgan fingerprint density at radius 2 is 1.26 bits per heavy atom. The van der Waals surface area contributed by atoms with Crippen LogP contribution in [0, 0.1) is 11.3 Å². The van der Waals surface area contributed by atoms with Crippen molar-refractivity contribution < 1.29 is 0 Å². The Balaban J connectivity index is 2.39. The molecule has 0 radical (unpaired) electrons. The maximum absolute atomic E-state index is 9.24. The Labute approximate surface area is 186 Å². The van der Waals surface area contributed by atoms with Gasteiger partial charge < -0.3 is 0 Å². The summed E-state index contributed by atoms with van der Waals surface area (Å²) in [6.45, 7) is 0. The number of benzene rings is 2. The Morgan fingerprint density at radius 3 is 1.85 bits per heavy atom. The number of nitriles is 1. The molecule has 1 aromatic heterocycles. The molecule has 0 fully saturated rings. The highest BCUT2D eigenvalue weighted by molar-refractivity contribution is 6.45.